The summed E-state index contributed by atoms with van der Waals surface area (Å²) >= 11 is 1.72. The first-order valence-corrected chi connectivity index (χ1v) is 9.39. The zero-order valence-corrected chi connectivity index (χ0v) is 14.4. The minimum atomic E-state index is -3.55. The molecule has 1 rings (SSSR count). The maximum atomic E-state index is 12.8. The Bertz CT molecular complexity index is 571. The Balaban J connectivity index is 3.20. The molecule has 0 aliphatic carbocycles. The number of sulfonamides is 1. The van der Waals surface area contributed by atoms with Crippen LogP contribution in [0.5, 0.6) is 0 Å². The number of aryl methyl sites for hydroxylation is 2. The summed E-state index contributed by atoms with van der Waals surface area (Å²) in [6.45, 7) is 5.53. The van der Waals surface area contributed by atoms with Crippen LogP contribution in [0.3, 0.4) is 0 Å². The average Bonchev–Trinajstić information content (AvgIpc) is 2.39. The van der Waals surface area contributed by atoms with Crippen LogP contribution < -0.4 is 5.73 Å². The van der Waals surface area contributed by atoms with Crippen LogP contribution in [0.1, 0.15) is 24.5 Å². The van der Waals surface area contributed by atoms with Crippen LogP contribution in [-0.4, -0.2) is 37.8 Å². The van der Waals surface area contributed by atoms with E-state index in [4.69, 9.17) is 5.73 Å². The van der Waals surface area contributed by atoms with E-state index in [0.29, 0.717) is 11.3 Å². The molecule has 0 saturated carbocycles. The van der Waals surface area contributed by atoms with Gasteiger partial charge in [0.25, 0.3) is 0 Å². The molecule has 0 saturated heterocycles. The van der Waals surface area contributed by atoms with Gasteiger partial charge in [-0.05, 0) is 50.3 Å². The molecule has 2 N–H and O–H groups in total. The topological polar surface area (TPSA) is 63.4 Å². The fourth-order valence-corrected chi connectivity index (χ4v) is 4.36. The van der Waals surface area contributed by atoms with Gasteiger partial charge in [-0.15, -0.1) is 0 Å². The number of hydrogen-bond acceptors (Lipinski definition) is 4. The maximum Gasteiger partial charge on any atom is 0.245 e. The van der Waals surface area contributed by atoms with E-state index in [1.54, 1.807) is 31.8 Å². The first kappa shape index (κ1) is 17.3. The molecule has 4 nitrogen and oxygen atoms in total. The number of benzene rings is 1. The summed E-state index contributed by atoms with van der Waals surface area (Å²) in [4.78, 5) is 0.246. The number of rotatable bonds is 6. The lowest BCUT2D eigenvalue weighted by Crippen LogP contribution is -2.36. The number of hydrogen-bond donors (Lipinski definition) is 1. The molecule has 1 aromatic rings. The van der Waals surface area contributed by atoms with Crippen molar-refractivity contribution in [3.63, 3.8) is 0 Å². The van der Waals surface area contributed by atoms with E-state index in [1.165, 1.54) is 4.31 Å². The summed E-state index contributed by atoms with van der Waals surface area (Å²) in [6.07, 6.45) is 2.84. The van der Waals surface area contributed by atoms with Crippen molar-refractivity contribution < 1.29 is 8.42 Å². The van der Waals surface area contributed by atoms with Crippen molar-refractivity contribution in [3.05, 3.63) is 23.3 Å². The highest BCUT2D eigenvalue weighted by Crippen LogP contribution is 2.29. The molecule has 0 radical (unpaired) electrons. The van der Waals surface area contributed by atoms with Crippen LogP contribution in [0, 0.1) is 13.8 Å². The van der Waals surface area contributed by atoms with E-state index in [0.717, 1.165) is 17.7 Å². The Kier molecular flexibility index (Phi) is 5.91. The third-order valence-corrected chi connectivity index (χ3v) is 6.43. The molecule has 1 unspecified atom stereocenters. The highest BCUT2D eigenvalue weighted by molar-refractivity contribution is 7.98. The van der Waals surface area contributed by atoms with Gasteiger partial charge in [0, 0.05) is 13.1 Å². The van der Waals surface area contributed by atoms with Crippen LogP contribution in [0.15, 0.2) is 17.0 Å². The van der Waals surface area contributed by atoms with Gasteiger partial charge in [-0.25, -0.2) is 8.42 Å². The van der Waals surface area contributed by atoms with Gasteiger partial charge in [-0.1, -0.05) is 12.1 Å². The van der Waals surface area contributed by atoms with Gasteiger partial charge < -0.3 is 5.73 Å². The fourth-order valence-electron chi connectivity index (χ4n) is 2.00. The van der Waals surface area contributed by atoms with E-state index in [9.17, 15) is 8.42 Å². The molecular weight excluding hydrogens is 292 g/mol. The molecule has 114 valence electrons. The largest absolute Gasteiger partial charge is 0.397 e. The van der Waals surface area contributed by atoms with Gasteiger partial charge >= 0.3 is 0 Å². The second-order valence-corrected chi connectivity index (χ2v) is 8.01. The SMILES string of the molecule is CSCCC(C)N(C)S(=O)(=O)c1c(C)ccc(C)c1N. The lowest BCUT2D eigenvalue weighted by atomic mass is 10.1. The van der Waals surface area contributed by atoms with Crippen molar-refractivity contribution in [1.82, 2.24) is 4.31 Å². The van der Waals surface area contributed by atoms with E-state index in [2.05, 4.69) is 0 Å². The van der Waals surface area contributed by atoms with E-state index >= 15 is 0 Å². The Morgan fingerprint density at radius 2 is 1.85 bits per heavy atom. The van der Waals surface area contributed by atoms with Crippen LogP contribution in [0.2, 0.25) is 0 Å². The molecule has 1 aromatic carbocycles. The van der Waals surface area contributed by atoms with Gasteiger partial charge in [0.1, 0.15) is 4.90 Å². The fraction of sp³-hybridized carbons (Fsp3) is 0.571. The third-order valence-electron chi connectivity index (χ3n) is 3.61. The first-order chi connectivity index (χ1) is 9.23. The second-order valence-electron chi connectivity index (χ2n) is 5.09. The predicted octanol–water partition coefficient (Wildman–Crippen LogP) is 2.65. The standard InChI is InChI=1S/C14H24N2O2S2/c1-10-6-7-11(2)14(13(10)15)20(17,18)16(4)12(3)8-9-19-5/h6-7,12H,8-9,15H2,1-5H3. The van der Waals surface area contributed by atoms with Gasteiger partial charge in [-0.2, -0.15) is 16.1 Å². The molecule has 20 heavy (non-hydrogen) atoms. The molecule has 0 heterocycles. The van der Waals surface area contributed by atoms with Crippen molar-refractivity contribution in [2.24, 2.45) is 0 Å². The highest BCUT2D eigenvalue weighted by atomic mass is 32.2. The van der Waals surface area contributed by atoms with Gasteiger partial charge in [-0.3, -0.25) is 0 Å². The van der Waals surface area contributed by atoms with Crippen LogP contribution in [0.25, 0.3) is 0 Å². The molecule has 0 aliphatic rings. The molecule has 0 bridgehead atoms. The van der Waals surface area contributed by atoms with Crippen LogP contribution in [0.4, 0.5) is 5.69 Å². The monoisotopic (exact) mass is 316 g/mol. The summed E-state index contributed by atoms with van der Waals surface area (Å²) in [5, 5.41) is 0. The quantitative estimate of drug-likeness (QED) is 0.820. The van der Waals surface area contributed by atoms with Gasteiger partial charge in [0.2, 0.25) is 10.0 Å². The van der Waals surface area contributed by atoms with Crippen molar-refractivity contribution >= 4 is 27.5 Å². The Morgan fingerprint density at radius 1 is 1.30 bits per heavy atom. The van der Waals surface area contributed by atoms with Crippen molar-refractivity contribution in [2.75, 3.05) is 24.8 Å². The summed E-state index contributed by atoms with van der Waals surface area (Å²) < 4.78 is 27.0. The van der Waals surface area contributed by atoms with Gasteiger partial charge in [0.05, 0.1) is 5.69 Å². The number of thioether (sulfide) groups is 1. The minimum absolute atomic E-state index is 0.0493. The van der Waals surface area contributed by atoms with E-state index < -0.39 is 10.0 Å². The second kappa shape index (κ2) is 6.83. The molecule has 0 amide bonds. The summed E-state index contributed by atoms with van der Waals surface area (Å²) in [6, 6.07) is 3.60. The Labute approximate surface area is 126 Å². The normalized spacial score (nSPS) is 13.7. The average molecular weight is 316 g/mol. The predicted molar refractivity (Wildman–Crippen MR) is 87.7 cm³/mol. The molecule has 0 aromatic heterocycles. The number of nitrogen functional groups attached to an aromatic ring is 1. The zero-order chi connectivity index (χ0) is 15.5. The minimum Gasteiger partial charge on any atom is -0.397 e. The number of anilines is 1. The van der Waals surface area contributed by atoms with Crippen molar-refractivity contribution in [1.29, 1.82) is 0 Å². The Hall–Kier alpha value is -0.720. The highest BCUT2D eigenvalue weighted by Gasteiger charge is 2.29. The van der Waals surface area contributed by atoms with E-state index in [1.807, 2.05) is 26.2 Å². The van der Waals surface area contributed by atoms with Gasteiger partial charge in [0.15, 0.2) is 0 Å². The van der Waals surface area contributed by atoms with Crippen molar-refractivity contribution in [3.8, 4) is 0 Å². The smallest absolute Gasteiger partial charge is 0.245 e. The number of nitrogens with two attached hydrogens (primary N) is 1. The lowest BCUT2D eigenvalue weighted by molar-refractivity contribution is 0.382. The van der Waals surface area contributed by atoms with Crippen molar-refractivity contribution in [2.45, 2.75) is 38.1 Å². The molecule has 6 heteroatoms. The molecular formula is C14H24N2O2S2. The lowest BCUT2D eigenvalue weighted by Gasteiger charge is -2.26. The molecule has 0 aliphatic heterocycles. The third kappa shape index (κ3) is 3.48. The zero-order valence-electron chi connectivity index (χ0n) is 12.8. The summed E-state index contributed by atoms with van der Waals surface area (Å²) in [5.41, 5.74) is 7.84. The maximum absolute atomic E-state index is 12.8. The van der Waals surface area contributed by atoms with Crippen LogP contribution in [-0.2, 0) is 10.0 Å². The summed E-state index contributed by atoms with van der Waals surface area (Å²) in [5.74, 6) is 0.934. The van der Waals surface area contributed by atoms with E-state index in [-0.39, 0.29) is 10.9 Å². The Morgan fingerprint density at radius 3 is 2.40 bits per heavy atom. The summed E-state index contributed by atoms with van der Waals surface area (Å²) in [7, 11) is -1.93. The first-order valence-electron chi connectivity index (χ1n) is 6.56. The van der Waals surface area contributed by atoms with Crippen LogP contribution >= 0.6 is 11.8 Å². The molecule has 1 atom stereocenters. The molecule has 0 spiro atoms. The number of nitrogens with zero attached hydrogens (tertiary/aromatic N) is 1. The molecule has 0 fully saturated rings.